The quantitative estimate of drug-likeness (QED) is 0.202. The zero-order valence-corrected chi connectivity index (χ0v) is 20.4. The van der Waals surface area contributed by atoms with Crippen LogP contribution in [0.5, 0.6) is 5.75 Å². The topological polar surface area (TPSA) is 79.7 Å². The van der Waals surface area contributed by atoms with Gasteiger partial charge in [-0.2, -0.15) is 0 Å². The minimum atomic E-state index is -1.20. The first kappa shape index (κ1) is 22.7. The van der Waals surface area contributed by atoms with Gasteiger partial charge in [0.05, 0.1) is 15.8 Å². The molecule has 3 heterocycles. The van der Waals surface area contributed by atoms with Gasteiger partial charge in [-0.15, -0.1) is 0 Å². The van der Waals surface area contributed by atoms with Gasteiger partial charge in [-0.3, -0.25) is 14.5 Å². The lowest BCUT2D eigenvalue weighted by Crippen LogP contribution is -2.29. The molecule has 3 aromatic carbocycles. The smallest absolute Gasteiger partial charge is 0.301 e. The third kappa shape index (κ3) is 3.56. The highest BCUT2D eigenvalue weighted by Gasteiger charge is 2.49. The number of nitrogens with zero attached hydrogens (tertiary/aromatic N) is 2. The maximum absolute atomic E-state index is 15.1. The molecule has 36 heavy (non-hydrogen) atoms. The van der Waals surface area contributed by atoms with Crippen molar-refractivity contribution in [3.63, 3.8) is 0 Å². The Bertz CT molecular complexity index is 1610. The first-order valence-corrected chi connectivity index (χ1v) is 12.4. The molecular formula is C27H18ClFN2O4S. The van der Waals surface area contributed by atoms with Crippen molar-refractivity contribution >= 4 is 55.7 Å². The largest absolute Gasteiger partial charge is 0.507 e. The molecular weight excluding hydrogens is 503 g/mol. The number of benzene rings is 3. The second-order valence-electron chi connectivity index (χ2n) is 8.75. The Kier molecular flexibility index (Phi) is 5.31. The Morgan fingerprint density at radius 1 is 1.17 bits per heavy atom. The van der Waals surface area contributed by atoms with Gasteiger partial charge in [-0.1, -0.05) is 41.1 Å². The van der Waals surface area contributed by atoms with E-state index in [9.17, 15) is 14.7 Å². The molecule has 2 aliphatic rings. The number of ketones is 1. The zero-order chi connectivity index (χ0) is 25.1. The highest BCUT2D eigenvalue weighted by molar-refractivity contribution is 7.22. The van der Waals surface area contributed by atoms with E-state index in [0.717, 1.165) is 21.8 Å². The number of hydrogen-bond donors (Lipinski definition) is 1. The molecule has 0 bridgehead atoms. The molecule has 4 aromatic rings. The lowest BCUT2D eigenvalue weighted by molar-refractivity contribution is -0.132. The van der Waals surface area contributed by atoms with Crippen molar-refractivity contribution in [3.8, 4) is 5.75 Å². The van der Waals surface area contributed by atoms with E-state index in [1.165, 1.54) is 18.2 Å². The first-order valence-electron chi connectivity index (χ1n) is 11.2. The number of aromatic nitrogens is 1. The van der Waals surface area contributed by atoms with Gasteiger partial charge in [0.2, 0.25) is 0 Å². The molecule has 0 aliphatic carbocycles. The van der Waals surface area contributed by atoms with E-state index < -0.39 is 23.5 Å². The number of thiazole rings is 1. The fourth-order valence-electron chi connectivity index (χ4n) is 4.74. The number of ether oxygens (including phenoxy) is 1. The molecule has 9 heteroatoms. The molecule has 2 atom stereocenters. The molecule has 180 valence electrons. The lowest BCUT2D eigenvalue weighted by atomic mass is 9.94. The third-order valence-electron chi connectivity index (χ3n) is 6.36. The SMILES string of the molecule is C[C@H]1Cc2cc(C(O)=C3C(=O)C(=O)N(c4nc5ccc(Cl)cc5s4)[C@@H]3c3ccccc3F)ccc2O1. The number of amides is 1. The van der Waals surface area contributed by atoms with Gasteiger partial charge in [0.15, 0.2) is 5.13 Å². The van der Waals surface area contributed by atoms with Crippen LogP contribution >= 0.6 is 22.9 Å². The molecule has 6 nitrogen and oxygen atoms in total. The summed E-state index contributed by atoms with van der Waals surface area (Å²) in [5.74, 6) is -2.09. The summed E-state index contributed by atoms with van der Waals surface area (Å²) in [4.78, 5) is 32.4. The van der Waals surface area contributed by atoms with Crippen LogP contribution < -0.4 is 9.64 Å². The van der Waals surface area contributed by atoms with Gasteiger partial charge in [0, 0.05) is 22.6 Å². The number of hydrogen-bond acceptors (Lipinski definition) is 6. The summed E-state index contributed by atoms with van der Waals surface area (Å²) in [7, 11) is 0. The standard InChI is InChI=1S/C27H18ClFN2O4S/c1-13-10-15-11-14(6-9-20(15)35-13)24(32)22-23(17-4-2-3-5-18(17)29)31(26(34)25(22)33)27-30-19-8-7-16(28)12-21(19)36-27/h2-9,11-13,23,32H,10H2,1H3/t13-,23+/m0/s1. The zero-order valence-electron chi connectivity index (χ0n) is 18.9. The Morgan fingerprint density at radius 2 is 1.97 bits per heavy atom. The number of Topliss-reactive ketones (excluding diaryl/α,β-unsaturated/α-hetero) is 1. The maximum atomic E-state index is 15.1. The second kappa shape index (κ2) is 8.43. The normalized spacial score (nSPS) is 20.7. The predicted octanol–water partition coefficient (Wildman–Crippen LogP) is 6.04. The van der Waals surface area contributed by atoms with Crippen LogP contribution in [0.2, 0.25) is 5.02 Å². The summed E-state index contributed by atoms with van der Waals surface area (Å²) in [6.45, 7) is 1.94. The van der Waals surface area contributed by atoms with Crippen molar-refractivity contribution in [2.45, 2.75) is 25.5 Å². The third-order valence-corrected chi connectivity index (χ3v) is 7.61. The average molecular weight is 521 g/mol. The molecule has 0 radical (unpaired) electrons. The summed E-state index contributed by atoms with van der Waals surface area (Å²) in [6, 6.07) is 14.9. The Balaban J connectivity index is 1.55. The molecule has 2 aliphatic heterocycles. The average Bonchev–Trinajstić information content (AvgIpc) is 3.51. The van der Waals surface area contributed by atoms with Crippen LogP contribution in [0.3, 0.4) is 0 Å². The van der Waals surface area contributed by atoms with Crippen molar-refractivity contribution in [2.24, 2.45) is 0 Å². The summed E-state index contributed by atoms with van der Waals surface area (Å²) < 4.78 is 21.5. The molecule has 1 N–H and O–H groups in total. The van der Waals surface area contributed by atoms with Crippen LogP contribution in [-0.2, 0) is 16.0 Å². The fraction of sp³-hybridized carbons (Fsp3) is 0.148. The monoisotopic (exact) mass is 520 g/mol. The lowest BCUT2D eigenvalue weighted by Gasteiger charge is -2.23. The van der Waals surface area contributed by atoms with Crippen LogP contribution in [0.1, 0.15) is 29.7 Å². The molecule has 6 rings (SSSR count). The molecule has 1 amide bonds. The fourth-order valence-corrected chi connectivity index (χ4v) is 6.00. The molecule has 0 unspecified atom stereocenters. The Morgan fingerprint density at radius 3 is 2.78 bits per heavy atom. The number of aliphatic hydroxyl groups is 1. The highest BCUT2D eigenvalue weighted by atomic mass is 35.5. The molecule has 0 saturated carbocycles. The number of fused-ring (bicyclic) bond motifs is 2. The number of halogens is 2. The summed E-state index contributed by atoms with van der Waals surface area (Å²) >= 11 is 7.27. The number of carbonyl (C=O) groups excluding carboxylic acids is 2. The molecule has 1 saturated heterocycles. The van der Waals surface area contributed by atoms with Crippen LogP contribution in [0.15, 0.2) is 66.2 Å². The molecule has 0 spiro atoms. The van der Waals surface area contributed by atoms with Crippen molar-refractivity contribution in [1.29, 1.82) is 0 Å². The number of rotatable bonds is 3. The van der Waals surface area contributed by atoms with Gasteiger partial charge in [0.1, 0.15) is 29.5 Å². The summed E-state index contributed by atoms with van der Waals surface area (Å²) in [5.41, 5.74) is 1.69. The van der Waals surface area contributed by atoms with Crippen molar-refractivity contribution in [2.75, 3.05) is 4.90 Å². The summed E-state index contributed by atoms with van der Waals surface area (Å²) in [6.07, 6.45) is 0.643. The maximum Gasteiger partial charge on any atom is 0.301 e. The van der Waals surface area contributed by atoms with Gasteiger partial charge >= 0.3 is 5.91 Å². The number of aliphatic hydroxyl groups excluding tert-OH is 1. The van der Waals surface area contributed by atoms with Crippen molar-refractivity contribution in [3.05, 3.63) is 93.8 Å². The summed E-state index contributed by atoms with van der Waals surface area (Å²) in [5, 5.41) is 12.1. The van der Waals surface area contributed by atoms with Crippen LogP contribution in [0, 0.1) is 5.82 Å². The minimum absolute atomic E-state index is 0.00562. The first-order chi connectivity index (χ1) is 17.3. The van der Waals surface area contributed by atoms with E-state index in [-0.39, 0.29) is 28.1 Å². The molecule has 1 aromatic heterocycles. The van der Waals surface area contributed by atoms with Crippen LogP contribution in [0.25, 0.3) is 16.0 Å². The highest BCUT2D eigenvalue weighted by Crippen LogP contribution is 2.45. The van der Waals surface area contributed by atoms with Crippen molar-refractivity contribution < 1.29 is 23.8 Å². The second-order valence-corrected chi connectivity index (χ2v) is 10.2. The van der Waals surface area contributed by atoms with Crippen LogP contribution in [-0.4, -0.2) is 27.9 Å². The number of carbonyl (C=O) groups is 2. The van der Waals surface area contributed by atoms with E-state index in [4.69, 9.17) is 16.3 Å². The van der Waals surface area contributed by atoms with Gasteiger partial charge in [-0.05, 0) is 55.0 Å². The van der Waals surface area contributed by atoms with E-state index in [2.05, 4.69) is 4.98 Å². The predicted molar refractivity (Wildman–Crippen MR) is 136 cm³/mol. The van der Waals surface area contributed by atoms with Gasteiger partial charge in [0.25, 0.3) is 5.78 Å². The van der Waals surface area contributed by atoms with E-state index >= 15 is 4.39 Å². The molecule has 1 fully saturated rings. The van der Waals surface area contributed by atoms with Gasteiger partial charge < -0.3 is 9.84 Å². The van der Waals surface area contributed by atoms with Crippen LogP contribution in [0.4, 0.5) is 9.52 Å². The Hall–Kier alpha value is -3.75. The van der Waals surface area contributed by atoms with E-state index in [0.29, 0.717) is 33.0 Å². The Labute approximate surface area is 214 Å². The van der Waals surface area contributed by atoms with Gasteiger partial charge in [-0.25, -0.2) is 9.37 Å². The minimum Gasteiger partial charge on any atom is -0.507 e. The van der Waals surface area contributed by atoms with Crippen molar-refractivity contribution in [1.82, 2.24) is 4.98 Å². The van der Waals surface area contributed by atoms with E-state index in [1.54, 1.807) is 42.5 Å². The number of anilines is 1. The van der Waals surface area contributed by atoms with E-state index in [1.807, 2.05) is 6.92 Å².